The number of hydrogen-bond acceptors (Lipinski definition) is 5. The van der Waals surface area contributed by atoms with E-state index in [4.69, 9.17) is 9.47 Å². The van der Waals surface area contributed by atoms with Gasteiger partial charge in [0, 0.05) is 44.6 Å². The standard InChI is InChI=1S/C24H36N2O4/c1-23(2,3)21-14-19(27)15-24(30-21)8-10-26(11-9-24)22(28)17-25-12-13-29-20-7-5-4-6-18(20)16-25/h4-7,19,21,27H,8-17H2,1-3H3/t19-,21-/m1/s1. The molecule has 0 saturated carbocycles. The quantitative estimate of drug-likeness (QED) is 0.803. The zero-order valence-electron chi connectivity index (χ0n) is 18.6. The summed E-state index contributed by atoms with van der Waals surface area (Å²) in [5.74, 6) is 1.10. The topological polar surface area (TPSA) is 62.2 Å². The monoisotopic (exact) mass is 416 g/mol. The van der Waals surface area contributed by atoms with Gasteiger partial charge in [0.15, 0.2) is 0 Å². The number of aliphatic hydroxyl groups excluding tert-OH is 1. The first-order valence-corrected chi connectivity index (χ1v) is 11.3. The van der Waals surface area contributed by atoms with Crippen LogP contribution in [0.25, 0.3) is 0 Å². The summed E-state index contributed by atoms with van der Waals surface area (Å²) in [5.41, 5.74) is 0.854. The van der Waals surface area contributed by atoms with Gasteiger partial charge in [0.25, 0.3) is 0 Å². The molecule has 1 N–H and O–H groups in total. The number of aliphatic hydroxyl groups is 1. The molecule has 1 aromatic carbocycles. The molecule has 0 unspecified atom stereocenters. The Morgan fingerprint density at radius 2 is 1.93 bits per heavy atom. The number of fused-ring (bicyclic) bond motifs is 1. The molecule has 3 aliphatic rings. The maximum Gasteiger partial charge on any atom is 0.236 e. The van der Waals surface area contributed by atoms with E-state index >= 15 is 0 Å². The van der Waals surface area contributed by atoms with Gasteiger partial charge in [-0.25, -0.2) is 0 Å². The van der Waals surface area contributed by atoms with E-state index in [9.17, 15) is 9.90 Å². The molecule has 6 nitrogen and oxygen atoms in total. The van der Waals surface area contributed by atoms with Gasteiger partial charge in [0.2, 0.25) is 5.91 Å². The maximum atomic E-state index is 13.0. The number of carbonyl (C=O) groups excluding carboxylic acids is 1. The number of rotatable bonds is 2. The third-order valence-corrected chi connectivity index (χ3v) is 6.87. The van der Waals surface area contributed by atoms with E-state index in [1.54, 1.807) is 0 Å². The van der Waals surface area contributed by atoms with E-state index in [0.29, 0.717) is 39.1 Å². The summed E-state index contributed by atoms with van der Waals surface area (Å²) >= 11 is 0. The van der Waals surface area contributed by atoms with Crippen LogP contribution in [0.2, 0.25) is 0 Å². The fourth-order valence-corrected chi connectivity index (χ4v) is 4.98. The summed E-state index contributed by atoms with van der Waals surface area (Å²) in [6.45, 7) is 10.4. The number of para-hydroxylation sites is 1. The smallest absolute Gasteiger partial charge is 0.236 e. The van der Waals surface area contributed by atoms with Crippen molar-refractivity contribution < 1.29 is 19.4 Å². The molecule has 2 fully saturated rings. The number of nitrogens with zero attached hydrogens (tertiary/aromatic N) is 2. The summed E-state index contributed by atoms with van der Waals surface area (Å²) in [5, 5.41) is 10.5. The molecule has 1 aromatic rings. The molecule has 6 heteroatoms. The molecule has 0 radical (unpaired) electrons. The van der Waals surface area contributed by atoms with Gasteiger partial charge < -0.3 is 19.5 Å². The van der Waals surface area contributed by atoms with E-state index in [1.165, 1.54) is 0 Å². The predicted molar refractivity (Wildman–Crippen MR) is 115 cm³/mol. The molecular formula is C24H36N2O4. The number of likely N-dealkylation sites (tertiary alicyclic amines) is 1. The summed E-state index contributed by atoms with van der Waals surface area (Å²) in [6, 6.07) is 8.06. The van der Waals surface area contributed by atoms with E-state index in [-0.39, 0.29) is 29.1 Å². The summed E-state index contributed by atoms with van der Waals surface area (Å²) < 4.78 is 12.4. The van der Waals surface area contributed by atoms with Gasteiger partial charge >= 0.3 is 0 Å². The minimum Gasteiger partial charge on any atom is -0.492 e. The lowest BCUT2D eigenvalue weighted by atomic mass is 9.76. The Morgan fingerprint density at radius 3 is 2.67 bits per heavy atom. The number of ether oxygens (including phenoxy) is 2. The highest BCUT2D eigenvalue weighted by molar-refractivity contribution is 5.78. The highest BCUT2D eigenvalue weighted by atomic mass is 16.5. The lowest BCUT2D eigenvalue weighted by Crippen LogP contribution is -2.56. The Bertz CT molecular complexity index is 752. The fraction of sp³-hybridized carbons (Fsp3) is 0.708. The van der Waals surface area contributed by atoms with Gasteiger partial charge in [-0.05, 0) is 24.3 Å². The second-order valence-electron chi connectivity index (χ2n) is 10.3. The van der Waals surface area contributed by atoms with Crippen LogP contribution in [0, 0.1) is 5.41 Å². The first-order valence-electron chi connectivity index (χ1n) is 11.3. The molecule has 1 amide bonds. The predicted octanol–water partition coefficient (Wildman–Crippen LogP) is 2.83. The van der Waals surface area contributed by atoms with E-state index in [2.05, 4.69) is 31.7 Å². The van der Waals surface area contributed by atoms with Crippen LogP contribution in [0.15, 0.2) is 24.3 Å². The molecule has 3 aliphatic heterocycles. The minimum atomic E-state index is -0.317. The number of carbonyl (C=O) groups is 1. The van der Waals surface area contributed by atoms with Gasteiger partial charge in [0.1, 0.15) is 12.4 Å². The van der Waals surface area contributed by atoms with Crippen molar-refractivity contribution in [2.75, 3.05) is 32.8 Å². The van der Waals surface area contributed by atoms with E-state index in [1.807, 2.05) is 23.1 Å². The van der Waals surface area contributed by atoms with Crippen molar-refractivity contribution in [3.8, 4) is 5.75 Å². The van der Waals surface area contributed by atoms with Crippen molar-refractivity contribution >= 4 is 5.91 Å². The second kappa shape index (κ2) is 8.48. The fourth-order valence-electron chi connectivity index (χ4n) is 4.98. The van der Waals surface area contributed by atoms with Crippen LogP contribution >= 0.6 is 0 Å². The van der Waals surface area contributed by atoms with Crippen LogP contribution < -0.4 is 4.74 Å². The Kier molecular flexibility index (Phi) is 6.11. The average molecular weight is 417 g/mol. The zero-order chi connectivity index (χ0) is 21.4. The first-order chi connectivity index (χ1) is 14.2. The van der Waals surface area contributed by atoms with Crippen LogP contribution in [-0.4, -0.2) is 71.4 Å². The van der Waals surface area contributed by atoms with Gasteiger partial charge in [0.05, 0.1) is 24.4 Å². The lowest BCUT2D eigenvalue weighted by molar-refractivity contribution is -0.207. The van der Waals surface area contributed by atoms with Crippen LogP contribution in [0.5, 0.6) is 5.75 Å². The molecule has 1 spiro atoms. The number of hydrogen-bond donors (Lipinski definition) is 1. The van der Waals surface area contributed by atoms with Crippen molar-refractivity contribution in [1.29, 1.82) is 0 Å². The Hall–Kier alpha value is -1.63. The van der Waals surface area contributed by atoms with Crippen molar-refractivity contribution in [3.05, 3.63) is 29.8 Å². The molecule has 2 saturated heterocycles. The molecule has 4 rings (SSSR count). The molecule has 2 atom stereocenters. The van der Waals surface area contributed by atoms with Crippen LogP contribution in [0.4, 0.5) is 0 Å². The molecule has 3 heterocycles. The van der Waals surface area contributed by atoms with Crippen LogP contribution in [0.1, 0.15) is 52.0 Å². The van der Waals surface area contributed by atoms with Crippen molar-refractivity contribution in [3.63, 3.8) is 0 Å². The molecule has 0 aromatic heterocycles. The second-order valence-corrected chi connectivity index (χ2v) is 10.3. The van der Waals surface area contributed by atoms with Crippen LogP contribution in [-0.2, 0) is 16.1 Å². The highest BCUT2D eigenvalue weighted by Gasteiger charge is 2.46. The first kappa shape index (κ1) is 21.6. The van der Waals surface area contributed by atoms with Gasteiger partial charge in [-0.15, -0.1) is 0 Å². The van der Waals surface area contributed by atoms with Crippen molar-refractivity contribution in [1.82, 2.24) is 9.80 Å². The Balaban J connectivity index is 1.33. The molecule has 0 aliphatic carbocycles. The molecule has 0 bridgehead atoms. The number of benzene rings is 1. The van der Waals surface area contributed by atoms with E-state index < -0.39 is 0 Å². The maximum absolute atomic E-state index is 13.0. The third kappa shape index (κ3) is 4.82. The number of amides is 1. The SMILES string of the molecule is CC(C)(C)[C@H]1C[C@@H](O)CC2(CCN(C(=O)CN3CCOc4ccccc4C3)CC2)O1. The summed E-state index contributed by atoms with van der Waals surface area (Å²) in [7, 11) is 0. The molecule has 166 valence electrons. The van der Waals surface area contributed by atoms with Gasteiger partial charge in [-0.1, -0.05) is 39.0 Å². The number of piperidine rings is 1. The average Bonchev–Trinajstić information content (AvgIpc) is 2.89. The molecule has 30 heavy (non-hydrogen) atoms. The van der Waals surface area contributed by atoms with E-state index in [0.717, 1.165) is 37.2 Å². The van der Waals surface area contributed by atoms with Crippen molar-refractivity contribution in [2.45, 2.75) is 70.8 Å². The zero-order valence-corrected chi connectivity index (χ0v) is 18.6. The lowest BCUT2D eigenvalue weighted by Gasteiger charge is -2.50. The Labute approximate surface area is 180 Å². The normalized spacial score (nSPS) is 27.3. The minimum absolute atomic E-state index is 0.00644. The highest BCUT2D eigenvalue weighted by Crippen LogP contribution is 2.42. The Morgan fingerprint density at radius 1 is 1.20 bits per heavy atom. The summed E-state index contributed by atoms with van der Waals surface area (Å²) in [6.07, 6.45) is 2.72. The summed E-state index contributed by atoms with van der Waals surface area (Å²) in [4.78, 5) is 17.2. The third-order valence-electron chi connectivity index (χ3n) is 6.87. The van der Waals surface area contributed by atoms with Gasteiger partial charge in [-0.2, -0.15) is 0 Å². The van der Waals surface area contributed by atoms with Gasteiger partial charge in [-0.3, -0.25) is 9.69 Å². The van der Waals surface area contributed by atoms with Crippen LogP contribution in [0.3, 0.4) is 0 Å². The molecular weight excluding hydrogens is 380 g/mol. The van der Waals surface area contributed by atoms with Crippen molar-refractivity contribution in [2.24, 2.45) is 5.41 Å². The largest absolute Gasteiger partial charge is 0.492 e.